The molecule has 0 atom stereocenters. The first-order valence-electron chi connectivity index (χ1n) is 9.49. The van der Waals surface area contributed by atoms with Gasteiger partial charge in [0.25, 0.3) is 0 Å². The van der Waals surface area contributed by atoms with E-state index in [0.29, 0.717) is 24.3 Å². The first-order chi connectivity index (χ1) is 14.4. The predicted octanol–water partition coefficient (Wildman–Crippen LogP) is 4.62. The molecule has 2 aromatic heterocycles. The summed E-state index contributed by atoms with van der Waals surface area (Å²) in [5.41, 5.74) is 0.532. The van der Waals surface area contributed by atoms with Gasteiger partial charge in [0.15, 0.2) is 5.78 Å². The quantitative estimate of drug-likeness (QED) is 0.568. The molecule has 30 heavy (non-hydrogen) atoms. The number of pyridine rings is 1. The fraction of sp³-hybridized carbons (Fsp3) is 0.273. The molecule has 1 aromatic carbocycles. The highest BCUT2D eigenvalue weighted by atomic mass is 19.4. The molecular formula is C22H19F3N2O3. The molecule has 1 aliphatic rings. The van der Waals surface area contributed by atoms with Crippen LogP contribution in [0.2, 0.25) is 0 Å². The minimum absolute atomic E-state index is 0.00654. The van der Waals surface area contributed by atoms with Gasteiger partial charge in [0.2, 0.25) is 5.76 Å². The standard InChI is InChI=1S/C22H19F3N2O3/c23-22(24,25)21-17(13-19(30-21)16-4-2-1-3-5-16)18(28)12-15-6-7-20(26-14-15)27-8-10-29-11-9-27/h1-7,13-14H,8-12H2. The highest BCUT2D eigenvalue weighted by molar-refractivity contribution is 5.99. The van der Waals surface area contributed by atoms with Crippen LogP contribution in [0, 0.1) is 0 Å². The molecule has 4 rings (SSSR count). The molecule has 1 saturated heterocycles. The van der Waals surface area contributed by atoms with Crippen LogP contribution < -0.4 is 4.90 Å². The maximum atomic E-state index is 13.5. The molecule has 5 nitrogen and oxygen atoms in total. The number of Topliss-reactive ketones (excluding diaryl/α,β-unsaturated/α-hetero) is 1. The molecule has 0 bridgehead atoms. The Bertz CT molecular complexity index is 1010. The van der Waals surface area contributed by atoms with Crippen LogP contribution in [0.1, 0.15) is 21.7 Å². The van der Waals surface area contributed by atoms with Gasteiger partial charge in [-0.25, -0.2) is 4.98 Å². The van der Waals surface area contributed by atoms with Crippen molar-refractivity contribution in [3.05, 3.63) is 71.6 Å². The summed E-state index contributed by atoms with van der Waals surface area (Å²) in [5, 5.41) is 0. The molecule has 0 radical (unpaired) electrons. The summed E-state index contributed by atoms with van der Waals surface area (Å²) in [7, 11) is 0. The van der Waals surface area contributed by atoms with Crippen LogP contribution in [0.25, 0.3) is 11.3 Å². The van der Waals surface area contributed by atoms with Crippen LogP contribution in [0.15, 0.2) is 59.1 Å². The first-order valence-corrected chi connectivity index (χ1v) is 9.49. The molecule has 1 aliphatic heterocycles. The molecule has 0 unspecified atom stereocenters. The second kappa shape index (κ2) is 8.31. The Hall–Kier alpha value is -3.13. The second-order valence-electron chi connectivity index (χ2n) is 6.94. The Labute approximate surface area is 171 Å². The Kier molecular flexibility index (Phi) is 5.59. The van der Waals surface area contributed by atoms with E-state index in [2.05, 4.69) is 9.88 Å². The van der Waals surface area contributed by atoms with Crippen LogP contribution in [0.4, 0.5) is 19.0 Å². The van der Waals surface area contributed by atoms with Crippen molar-refractivity contribution in [1.82, 2.24) is 4.98 Å². The molecular weight excluding hydrogens is 397 g/mol. The lowest BCUT2D eigenvalue weighted by Gasteiger charge is -2.27. The van der Waals surface area contributed by atoms with Crippen molar-refractivity contribution in [2.24, 2.45) is 0 Å². The van der Waals surface area contributed by atoms with E-state index in [1.165, 1.54) is 6.20 Å². The number of ether oxygens (including phenoxy) is 1. The van der Waals surface area contributed by atoms with E-state index in [9.17, 15) is 18.0 Å². The summed E-state index contributed by atoms with van der Waals surface area (Å²) in [4.78, 5) is 19.1. The SMILES string of the molecule is O=C(Cc1ccc(N2CCOCC2)nc1)c1cc(-c2ccccc2)oc1C(F)(F)F. The zero-order chi connectivity index (χ0) is 21.1. The minimum atomic E-state index is -4.77. The summed E-state index contributed by atoms with van der Waals surface area (Å²) in [6, 6.07) is 13.0. The predicted molar refractivity (Wildman–Crippen MR) is 104 cm³/mol. The van der Waals surface area contributed by atoms with E-state index in [0.717, 1.165) is 25.0 Å². The van der Waals surface area contributed by atoms with Gasteiger partial charge in [-0.15, -0.1) is 0 Å². The fourth-order valence-electron chi connectivity index (χ4n) is 3.33. The van der Waals surface area contributed by atoms with Crippen molar-refractivity contribution in [3.8, 4) is 11.3 Å². The molecule has 0 saturated carbocycles. The zero-order valence-electron chi connectivity index (χ0n) is 16.0. The van der Waals surface area contributed by atoms with Crippen LogP contribution in [0.5, 0.6) is 0 Å². The number of hydrogen-bond acceptors (Lipinski definition) is 5. The van der Waals surface area contributed by atoms with E-state index in [1.807, 2.05) is 0 Å². The van der Waals surface area contributed by atoms with Crippen LogP contribution in [0.3, 0.4) is 0 Å². The number of carbonyl (C=O) groups is 1. The van der Waals surface area contributed by atoms with E-state index in [1.54, 1.807) is 42.5 Å². The molecule has 3 aromatic rings. The number of morpholine rings is 1. The molecule has 1 fully saturated rings. The normalized spacial score (nSPS) is 14.7. The number of anilines is 1. The number of halogens is 3. The number of carbonyl (C=O) groups excluding carboxylic acids is 1. The van der Waals surface area contributed by atoms with Crippen molar-refractivity contribution in [3.63, 3.8) is 0 Å². The van der Waals surface area contributed by atoms with E-state index in [-0.39, 0.29) is 12.2 Å². The lowest BCUT2D eigenvalue weighted by Crippen LogP contribution is -2.36. The fourth-order valence-corrected chi connectivity index (χ4v) is 3.33. The smallest absolute Gasteiger partial charge is 0.450 e. The Balaban J connectivity index is 1.56. The van der Waals surface area contributed by atoms with E-state index in [4.69, 9.17) is 9.15 Å². The maximum Gasteiger partial charge on any atom is 0.450 e. The molecule has 0 spiro atoms. The minimum Gasteiger partial charge on any atom is -0.451 e. The van der Waals surface area contributed by atoms with Crippen molar-refractivity contribution in [1.29, 1.82) is 0 Å². The van der Waals surface area contributed by atoms with Crippen molar-refractivity contribution < 1.29 is 27.1 Å². The zero-order valence-corrected chi connectivity index (χ0v) is 16.0. The van der Waals surface area contributed by atoms with Crippen molar-refractivity contribution >= 4 is 11.6 Å². The largest absolute Gasteiger partial charge is 0.451 e. The lowest BCUT2D eigenvalue weighted by molar-refractivity contribution is -0.153. The first kappa shape index (κ1) is 20.2. The van der Waals surface area contributed by atoms with Gasteiger partial charge in [0.05, 0.1) is 18.8 Å². The van der Waals surface area contributed by atoms with Crippen molar-refractivity contribution in [2.75, 3.05) is 31.2 Å². The summed E-state index contributed by atoms with van der Waals surface area (Å²) in [6.45, 7) is 2.67. The number of furan rings is 1. The number of nitrogens with zero attached hydrogens (tertiary/aromatic N) is 2. The topological polar surface area (TPSA) is 55.6 Å². The molecule has 156 valence electrons. The maximum absolute atomic E-state index is 13.5. The number of benzene rings is 1. The number of hydrogen-bond donors (Lipinski definition) is 0. The number of rotatable bonds is 5. The molecule has 0 amide bonds. The highest BCUT2D eigenvalue weighted by Crippen LogP contribution is 2.37. The van der Waals surface area contributed by atoms with Gasteiger partial charge in [0, 0.05) is 31.3 Å². The molecule has 0 aliphatic carbocycles. The third-order valence-corrected chi connectivity index (χ3v) is 4.86. The monoisotopic (exact) mass is 416 g/mol. The highest BCUT2D eigenvalue weighted by Gasteiger charge is 2.40. The Morgan fingerprint density at radius 1 is 1.07 bits per heavy atom. The molecule has 8 heteroatoms. The third-order valence-electron chi connectivity index (χ3n) is 4.86. The van der Waals surface area contributed by atoms with Crippen LogP contribution >= 0.6 is 0 Å². The average molecular weight is 416 g/mol. The van der Waals surface area contributed by atoms with Gasteiger partial charge in [-0.3, -0.25) is 4.79 Å². The third kappa shape index (κ3) is 4.38. The number of ketones is 1. The number of alkyl halides is 3. The van der Waals surface area contributed by atoms with Gasteiger partial charge in [0.1, 0.15) is 11.6 Å². The van der Waals surface area contributed by atoms with E-state index < -0.39 is 23.3 Å². The molecule has 3 heterocycles. The van der Waals surface area contributed by atoms with Gasteiger partial charge in [-0.1, -0.05) is 36.4 Å². The summed E-state index contributed by atoms with van der Waals surface area (Å²) < 4.78 is 50.7. The summed E-state index contributed by atoms with van der Waals surface area (Å²) in [5.74, 6) is -1.19. The van der Waals surface area contributed by atoms with Gasteiger partial charge >= 0.3 is 6.18 Å². The van der Waals surface area contributed by atoms with Gasteiger partial charge in [-0.05, 0) is 17.7 Å². The number of aromatic nitrogens is 1. The van der Waals surface area contributed by atoms with Crippen LogP contribution in [-0.2, 0) is 17.3 Å². The summed E-state index contributed by atoms with van der Waals surface area (Å²) >= 11 is 0. The second-order valence-corrected chi connectivity index (χ2v) is 6.94. The average Bonchev–Trinajstić information content (AvgIpc) is 3.22. The van der Waals surface area contributed by atoms with Crippen molar-refractivity contribution in [2.45, 2.75) is 12.6 Å². The lowest BCUT2D eigenvalue weighted by atomic mass is 10.0. The van der Waals surface area contributed by atoms with Gasteiger partial charge < -0.3 is 14.1 Å². The summed E-state index contributed by atoms with van der Waals surface area (Å²) in [6.07, 6.45) is -3.45. The van der Waals surface area contributed by atoms with Gasteiger partial charge in [-0.2, -0.15) is 13.2 Å². The van der Waals surface area contributed by atoms with Crippen LogP contribution in [-0.4, -0.2) is 37.1 Å². The Morgan fingerprint density at radius 2 is 1.80 bits per heavy atom. The van der Waals surface area contributed by atoms with E-state index >= 15 is 0 Å². The molecule has 0 N–H and O–H groups in total. The Morgan fingerprint density at radius 3 is 2.43 bits per heavy atom.